The lowest BCUT2D eigenvalue weighted by molar-refractivity contribution is -0.136. The van der Waals surface area contributed by atoms with Crippen LogP contribution < -0.4 is 10.6 Å². The van der Waals surface area contributed by atoms with E-state index in [9.17, 15) is 9.59 Å². The molecule has 1 atom stereocenters. The van der Waals surface area contributed by atoms with Crippen molar-refractivity contribution in [3.63, 3.8) is 0 Å². The van der Waals surface area contributed by atoms with E-state index in [-0.39, 0.29) is 6.04 Å². The second kappa shape index (κ2) is 8.11. The number of nitrogens with one attached hydrogen (secondary N) is 2. The van der Waals surface area contributed by atoms with E-state index in [2.05, 4.69) is 15.7 Å². The molecule has 2 amide bonds. The second-order valence-electron chi connectivity index (χ2n) is 5.94. The molecule has 2 heterocycles. The molecular weight excluding hydrogens is 376 g/mol. The maximum Gasteiger partial charge on any atom is 0.314 e. The lowest BCUT2D eigenvalue weighted by atomic mass is 10.2. The summed E-state index contributed by atoms with van der Waals surface area (Å²) in [6, 6.07) is 6.87. The molecule has 7 nitrogen and oxygen atoms in total. The monoisotopic (exact) mass is 394 g/mol. The Kier molecular flexibility index (Phi) is 5.85. The largest absolute Gasteiger partial charge is 0.383 e. The molecule has 0 fully saturated rings. The molecule has 138 valence electrons. The Balaban J connectivity index is 1.84. The lowest BCUT2D eigenvalue weighted by Crippen LogP contribution is -2.42. The van der Waals surface area contributed by atoms with E-state index in [1.165, 1.54) is 7.11 Å². The minimum Gasteiger partial charge on any atom is -0.383 e. The maximum atomic E-state index is 12.4. The highest BCUT2D eigenvalue weighted by Gasteiger charge is 2.26. The minimum atomic E-state index is -0.734. The summed E-state index contributed by atoms with van der Waals surface area (Å²) < 4.78 is 6.61. The molecule has 0 saturated heterocycles. The van der Waals surface area contributed by atoms with Crippen LogP contribution in [0.4, 0.5) is 5.82 Å². The number of anilines is 1. The lowest BCUT2D eigenvalue weighted by Gasteiger charge is -2.14. The van der Waals surface area contributed by atoms with Gasteiger partial charge in [-0.05, 0) is 31.2 Å². The smallest absolute Gasteiger partial charge is 0.314 e. The fourth-order valence-electron chi connectivity index (χ4n) is 2.66. The predicted molar refractivity (Wildman–Crippen MR) is 102 cm³/mol. The van der Waals surface area contributed by atoms with Crippen LogP contribution in [0.1, 0.15) is 18.2 Å². The molecule has 3 rings (SSSR count). The topological polar surface area (TPSA) is 85.2 Å². The normalized spacial score (nSPS) is 14.0. The summed E-state index contributed by atoms with van der Waals surface area (Å²) >= 11 is 7.67. The molecule has 9 heteroatoms. The highest BCUT2D eigenvalue weighted by atomic mass is 35.5. The number of benzene rings is 1. The number of ether oxygens (including phenoxy) is 1. The molecule has 1 unspecified atom stereocenters. The van der Waals surface area contributed by atoms with Gasteiger partial charge < -0.3 is 15.4 Å². The number of fused-ring (bicyclic) bond motifs is 1. The third-order valence-corrected chi connectivity index (χ3v) is 5.08. The van der Waals surface area contributed by atoms with Gasteiger partial charge in [0.1, 0.15) is 5.82 Å². The van der Waals surface area contributed by atoms with Gasteiger partial charge in [0, 0.05) is 35.2 Å². The van der Waals surface area contributed by atoms with E-state index in [0.717, 1.165) is 28.5 Å². The molecular formula is C17H19ClN4O3S. The maximum absolute atomic E-state index is 12.4. The summed E-state index contributed by atoms with van der Waals surface area (Å²) in [5.74, 6) is 0.586. The van der Waals surface area contributed by atoms with Gasteiger partial charge in [0.05, 0.1) is 18.0 Å². The van der Waals surface area contributed by atoms with Crippen LogP contribution in [-0.4, -0.2) is 41.4 Å². The van der Waals surface area contributed by atoms with Crippen molar-refractivity contribution >= 4 is 41.0 Å². The Morgan fingerprint density at radius 2 is 2.04 bits per heavy atom. The Morgan fingerprint density at radius 3 is 2.73 bits per heavy atom. The standard InChI is InChI=1S/C17H19ClN4O3S/c1-10(7-25-2)19-16(23)17(24)20-15-13-8-26-9-14(13)21-22(15)12-5-3-11(18)4-6-12/h3-6,10H,7-9H2,1-2H3,(H,19,23)(H,20,24). The average molecular weight is 395 g/mol. The van der Waals surface area contributed by atoms with Crippen LogP contribution in [0.3, 0.4) is 0 Å². The zero-order chi connectivity index (χ0) is 18.7. The van der Waals surface area contributed by atoms with Gasteiger partial charge in [0.25, 0.3) is 0 Å². The first-order chi connectivity index (χ1) is 12.5. The molecule has 0 spiro atoms. The third kappa shape index (κ3) is 4.03. The molecule has 2 aromatic rings. The molecule has 1 aromatic carbocycles. The van der Waals surface area contributed by atoms with E-state index in [0.29, 0.717) is 17.4 Å². The fourth-order valence-corrected chi connectivity index (χ4v) is 3.82. The first kappa shape index (κ1) is 18.8. The first-order valence-electron chi connectivity index (χ1n) is 8.05. The molecule has 0 aliphatic carbocycles. The number of amides is 2. The van der Waals surface area contributed by atoms with Gasteiger partial charge in [-0.2, -0.15) is 16.9 Å². The zero-order valence-electron chi connectivity index (χ0n) is 14.4. The van der Waals surface area contributed by atoms with Crippen LogP contribution in [0.2, 0.25) is 5.02 Å². The van der Waals surface area contributed by atoms with Crippen LogP contribution in [0.15, 0.2) is 24.3 Å². The Labute approximate surface area is 160 Å². The zero-order valence-corrected chi connectivity index (χ0v) is 16.0. The molecule has 0 bridgehead atoms. The number of thioether (sulfide) groups is 1. The Morgan fingerprint density at radius 1 is 1.31 bits per heavy atom. The Hall–Kier alpha value is -2.03. The van der Waals surface area contributed by atoms with Crippen molar-refractivity contribution in [1.29, 1.82) is 0 Å². The van der Waals surface area contributed by atoms with E-state index in [1.807, 2.05) is 12.1 Å². The number of rotatable bonds is 5. The van der Waals surface area contributed by atoms with Gasteiger partial charge in [-0.1, -0.05) is 11.6 Å². The van der Waals surface area contributed by atoms with Gasteiger partial charge in [-0.3, -0.25) is 9.59 Å². The third-order valence-electron chi connectivity index (χ3n) is 3.86. The van der Waals surface area contributed by atoms with Crippen molar-refractivity contribution in [2.45, 2.75) is 24.5 Å². The summed E-state index contributed by atoms with van der Waals surface area (Å²) in [5, 5.41) is 10.5. The van der Waals surface area contributed by atoms with Crippen molar-refractivity contribution in [2.75, 3.05) is 19.0 Å². The van der Waals surface area contributed by atoms with Crippen LogP contribution in [0.25, 0.3) is 5.69 Å². The average Bonchev–Trinajstić information content (AvgIpc) is 3.18. The van der Waals surface area contributed by atoms with Gasteiger partial charge in [-0.25, -0.2) is 4.68 Å². The number of halogens is 1. The van der Waals surface area contributed by atoms with E-state index < -0.39 is 11.8 Å². The van der Waals surface area contributed by atoms with Crippen molar-refractivity contribution in [3.05, 3.63) is 40.5 Å². The van der Waals surface area contributed by atoms with E-state index >= 15 is 0 Å². The number of hydrogen-bond donors (Lipinski definition) is 2. The molecule has 2 N–H and O–H groups in total. The van der Waals surface area contributed by atoms with Crippen LogP contribution in [-0.2, 0) is 25.8 Å². The summed E-state index contributed by atoms with van der Waals surface area (Å²) in [6.07, 6.45) is 0. The van der Waals surface area contributed by atoms with Crippen molar-refractivity contribution < 1.29 is 14.3 Å². The SMILES string of the molecule is COCC(C)NC(=O)C(=O)Nc1c2c(nn1-c1ccc(Cl)cc1)CSC2. The van der Waals surface area contributed by atoms with Gasteiger partial charge in [-0.15, -0.1) is 0 Å². The van der Waals surface area contributed by atoms with Crippen LogP contribution in [0, 0.1) is 0 Å². The molecule has 0 radical (unpaired) electrons. The quantitative estimate of drug-likeness (QED) is 0.760. The molecule has 0 saturated carbocycles. The van der Waals surface area contributed by atoms with Crippen molar-refractivity contribution in [2.24, 2.45) is 0 Å². The highest BCUT2D eigenvalue weighted by Crippen LogP contribution is 2.36. The number of hydrogen-bond acceptors (Lipinski definition) is 5. The van der Waals surface area contributed by atoms with Crippen molar-refractivity contribution in [3.8, 4) is 5.69 Å². The minimum absolute atomic E-state index is 0.263. The van der Waals surface area contributed by atoms with Gasteiger partial charge in [0.15, 0.2) is 0 Å². The summed E-state index contributed by atoms with van der Waals surface area (Å²) in [7, 11) is 1.54. The molecule has 26 heavy (non-hydrogen) atoms. The molecule has 1 aliphatic rings. The van der Waals surface area contributed by atoms with Crippen molar-refractivity contribution in [1.82, 2.24) is 15.1 Å². The van der Waals surface area contributed by atoms with Crippen LogP contribution >= 0.6 is 23.4 Å². The number of nitrogens with zero attached hydrogens (tertiary/aromatic N) is 2. The summed E-state index contributed by atoms with van der Waals surface area (Å²) in [6.45, 7) is 2.09. The second-order valence-corrected chi connectivity index (χ2v) is 7.36. The highest BCUT2D eigenvalue weighted by molar-refractivity contribution is 7.98. The van der Waals surface area contributed by atoms with E-state index in [1.54, 1.807) is 35.5 Å². The predicted octanol–water partition coefficient (Wildman–Crippen LogP) is 2.36. The number of carbonyl (C=O) groups is 2. The molecule has 1 aromatic heterocycles. The van der Waals surface area contributed by atoms with E-state index in [4.69, 9.17) is 16.3 Å². The fraction of sp³-hybridized carbons (Fsp3) is 0.353. The summed E-state index contributed by atoms with van der Waals surface area (Å²) in [4.78, 5) is 24.5. The molecule has 1 aliphatic heterocycles. The van der Waals surface area contributed by atoms with Crippen LogP contribution in [0.5, 0.6) is 0 Å². The van der Waals surface area contributed by atoms with Gasteiger partial charge >= 0.3 is 11.8 Å². The first-order valence-corrected chi connectivity index (χ1v) is 9.58. The van der Waals surface area contributed by atoms with Gasteiger partial charge in [0.2, 0.25) is 0 Å². The number of aromatic nitrogens is 2. The number of carbonyl (C=O) groups excluding carboxylic acids is 2. The summed E-state index contributed by atoms with van der Waals surface area (Å²) in [5.41, 5.74) is 2.61. The Bertz CT molecular complexity index is 822. The number of methoxy groups -OCH3 is 1.